The number of ether oxygens (including phenoxy) is 3. The van der Waals surface area contributed by atoms with Crippen molar-refractivity contribution < 1.29 is 37.5 Å². The fraction of sp³-hybridized carbons (Fsp3) is 0.456. The number of aromatic nitrogens is 3. The number of carbonyl (C=O) groups is 1. The van der Waals surface area contributed by atoms with Gasteiger partial charge in [0.1, 0.15) is 35.0 Å². The number of rotatable bonds is 15. The molecule has 0 radical (unpaired) electrons. The van der Waals surface area contributed by atoms with Gasteiger partial charge < -0.3 is 34.5 Å². The molecule has 1 spiro atoms. The molecule has 3 aliphatic heterocycles. The van der Waals surface area contributed by atoms with E-state index in [1.54, 1.807) is 30.5 Å². The van der Waals surface area contributed by atoms with Crippen LogP contribution in [0.15, 0.2) is 102 Å². The quantitative estimate of drug-likeness (QED) is 0.0556. The number of piperazine rings is 1. The van der Waals surface area contributed by atoms with Gasteiger partial charge in [0, 0.05) is 104 Å². The lowest BCUT2D eigenvalue weighted by Gasteiger charge is -2.63. The number of carbonyl (C=O) groups excluding carboxylic acids is 1. The van der Waals surface area contributed by atoms with E-state index in [4.69, 9.17) is 14.2 Å². The van der Waals surface area contributed by atoms with E-state index in [2.05, 4.69) is 77.8 Å². The molecule has 1 atom stereocenters. The number of amides is 1. The monoisotopic (exact) mass is 1050 g/mol. The van der Waals surface area contributed by atoms with E-state index in [-0.39, 0.29) is 34.4 Å². The van der Waals surface area contributed by atoms with Crippen molar-refractivity contribution >= 4 is 44.0 Å². The summed E-state index contributed by atoms with van der Waals surface area (Å²) in [6.07, 6.45) is 9.98. The lowest BCUT2D eigenvalue weighted by Crippen LogP contribution is -2.68. The Morgan fingerprint density at radius 1 is 1.00 bits per heavy atom. The molecule has 6 heterocycles. The maximum atomic E-state index is 14.1. The van der Waals surface area contributed by atoms with Gasteiger partial charge in [-0.15, -0.1) is 0 Å². The average molecular weight is 1050 g/mol. The molecule has 2 aliphatic carbocycles. The first-order valence-electron chi connectivity index (χ1n) is 26.5. The lowest BCUT2D eigenvalue weighted by molar-refractivity contribution is -0.384. The molecule has 2 saturated heterocycles. The Morgan fingerprint density at radius 3 is 2.57 bits per heavy atom. The first kappa shape index (κ1) is 51.3. The Morgan fingerprint density at radius 2 is 1.79 bits per heavy atom. The standard InChI is InChI=1S/C57H67N9O9S/c1-36(2)44-8-6-7-9-45(44)49-32-63(31-39-17-21-59-54-51(39)73-35-55(3,4)75-54)22-23-65(49)41-27-57(28-41)33-64(34-57)40-10-12-46(50(25-40)74-42-24-38-16-20-58-52(38)61-30-42)53(67)62-76(71,72)43-11-13-47(48(26-43)66(69)70)60-29-37-14-18-56(5,68)19-15-37/h6-13,16-17,20-21,24-26,30,36-37,41,49,60,68H,14-15,18-19,22-23,27-29,31-35H2,1-5H3,(H,58,61)(H,62,67)/t37?,49-,56?/m0/s1. The average Bonchev–Trinajstić information content (AvgIpc) is 3.84. The fourth-order valence-corrected chi connectivity index (χ4v) is 13.1. The second-order valence-corrected chi connectivity index (χ2v) is 24.7. The number of sulfonamides is 1. The predicted molar refractivity (Wildman–Crippen MR) is 289 cm³/mol. The van der Waals surface area contributed by atoms with Gasteiger partial charge in [-0.1, -0.05) is 38.1 Å². The minimum atomic E-state index is -4.60. The van der Waals surface area contributed by atoms with Crippen LogP contribution in [0.1, 0.15) is 112 Å². The number of nitrogens with zero attached hydrogens (tertiary/aromatic N) is 6. The van der Waals surface area contributed by atoms with Crippen LogP contribution in [0, 0.1) is 21.4 Å². The van der Waals surface area contributed by atoms with Gasteiger partial charge in [0.05, 0.1) is 27.2 Å². The van der Waals surface area contributed by atoms with E-state index >= 15 is 0 Å². The van der Waals surface area contributed by atoms with Gasteiger partial charge in [-0.25, -0.2) is 23.1 Å². The summed E-state index contributed by atoms with van der Waals surface area (Å²) in [5.74, 6) is 1.37. The topological polar surface area (TPSA) is 218 Å². The smallest absolute Gasteiger partial charge is 0.293 e. The van der Waals surface area contributed by atoms with E-state index in [1.807, 2.05) is 39.1 Å². The number of fused-ring (bicyclic) bond motifs is 2. The second-order valence-electron chi connectivity index (χ2n) is 23.0. The van der Waals surface area contributed by atoms with Crippen molar-refractivity contribution in [3.05, 3.63) is 130 Å². The van der Waals surface area contributed by atoms with Crippen LogP contribution < -0.4 is 29.1 Å². The maximum Gasteiger partial charge on any atom is 0.293 e. The number of benzene rings is 3. The summed E-state index contributed by atoms with van der Waals surface area (Å²) in [6, 6.07) is 23.8. The third-order valence-electron chi connectivity index (χ3n) is 16.3. The number of pyridine rings is 2. The molecule has 0 bridgehead atoms. The van der Waals surface area contributed by atoms with Crippen LogP contribution in [0.4, 0.5) is 17.1 Å². The molecule has 400 valence electrons. The number of nitro benzene ring substituents is 1. The molecule has 3 aromatic carbocycles. The van der Waals surface area contributed by atoms with Crippen molar-refractivity contribution in [3.8, 4) is 23.1 Å². The Labute approximate surface area is 443 Å². The van der Waals surface area contributed by atoms with E-state index in [0.29, 0.717) is 55.2 Å². The summed E-state index contributed by atoms with van der Waals surface area (Å²) in [5.41, 5.74) is 3.95. The normalized spacial score (nSPS) is 22.5. The molecule has 1 amide bonds. The Bertz CT molecular complexity index is 3280. The van der Waals surface area contributed by atoms with Crippen LogP contribution in [0.5, 0.6) is 23.1 Å². The van der Waals surface area contributed by atoms with Gasteiger partial charge in [-0.2, -0.15) is 0 Å². The van der Waals surface area contributed by atoms with Gasteiger partial charge in [0.2, 0.25) is 0 Å². The highest BCUT2D eigenvalue weighted by Crippen LogP contribution is 2.54. The number of hydrogen-bond acceptors (Lipinski definition) is 15. The van der Waals surface area contributed by atoms with Crippen molar-refractivity contribution in [1.29, 1.82) is 0 Å². The van der Waals surface area contributed by atoms with Gasteiger partial charge in [-0.05, 0) is 125 Å². The molecule has 6 aromatic rings. The molecule has 18 nitrogen and oxygen atoms in total. The number of H-pyrrole nitrogens is 1. The van der Waals surface area contributed by atoms with Crippen molar-refractivity contribution in [2.24, 2.45) is 11.3 Å². The summed E-state index contributed by atoms with van der Waals surface area (Å²) >= 11 is 0. The number of aromatic amines is 1. The van der Waals surface area contributed by atoms with Crippen molar-refractivity contribution in [1.82, 2.24) is 29.5 Å². The number of nitrogens with one attached hydrogen (secondary N) is 3. The highest BCUT2D eigenvalue weighted by atomic mass is 32.2. The first-order chi connectivity index (χ1) is 36.3. The van der Waals surface area contributed by atoms with E-state index < -0.39 is 42.6 Å². The summed E-state index contributed by atoms with van der Waals surface area (Å²) in [6.45, 7) is 16.3. The van der Waals surface area contributed by atoms with Crippen LogP contribution >= 0.6 is 0 Å². The zero-order valence-electron chi connectivity index (χ0n) is 43.8. The van der Waals surface area contributed by atoms with Crippen molar-refractivity contribution in [2.75, 3.05) is 56.1 Å². The molecule has 19 heteroatoms. The van der Waals surface area contributed by atoms with Crippen molar-refractivity contribution in [2.45, 2.75) is 114 Å². The van der Waals surface area contributed by atoms with Crippen LogP contribution in [0.25, 0.3) is 11.0 Å². The first-order valence-corrected chi connectivity index (χ1v) is 28.0. The molecular weight excluding hydrogens is 987 g/mol. The highest BCUT2D eigenvalue weighted by Gasteiger charge is 2.55. The van der Waals surface area contributed by atoms with E-state index in [0.717, 1.165) is 93.4 Å². The van der Waals surface area contributed by atoms with Crippen LogP contribution in [-0.4, -0.2) is 112 Å². The fourth-order valence-electron chi connectivity index (χ4n) is 12.1. The molecular formula is C57H67N9O9S. The SMILES string of the molecule is CC(C)c1ccccc1[C@@H]1CN(Cc2ccnc3c2OCC(C)(C)O3)CCN1C1CC2(C1)CN(c1ccc(C(=O)NS(=O)(=O)c3ccc(NCC4CCC(C)(O)CC4)c([N+](=O)[O-])c3)c(Oc3cnc4[nH]ccc4c3)c1)C2. The number of hydrogen-bond donors (Lipinski definition) is 4. The van der Waals surface area contributed by atoms with Crippen LogP contribution in [-0.2, 0) is 16.6 Å². The molecule has 0 unspecified atom stereocenters. The lowest BCUT2D eigenvalue weighted by atomic mass is 9.59. The van der Waals surface area contributed by atoms with Gasteiger partial charge >= 0.3 is 0 Å². The Balaban J connectivity index is 0.788. The van der Waals surface area contributed by atoms with E-state index in [1.165, 1.54) is 29.5 Å². The highest BCUT2D eigenvalue weighted by molar-refractivity contribution is 7.90. The Kier molecular flexibility index (Phi) is 13.5. The number of aliphatic hydroxyl groups is 1. The number of nitro groups is 1. The summed E-state index contributed by atoms with van der Waals surface area (Å²) in [5, 5.41) is 26.5. The predicted octanol–water partition coefficient (Wildman–Crippen LogP) is 9.33. The zero-order chi connectivity index (χ0) is 53.1. The van der Waals surface area contributed by atoms with Gasteiger partial charge in [0.15, 0.2) is 5.75 Å². The Hall–Kier alpha value is -6.80. The van der Waals surface area contributed by atoms with Gasteiger partial charge in [-0.3, -0.25) is 24.7 Å². The van der Waals surface area contributed by atoms with Gasteiger partial charge in [0.25, 0.3) is 27.5 Å². The number of anilines is 2. The third-order valence-corrected chi connectivity index (χ3v) is 17.6. The molecule has 11 rings (SSSR count). The molecule has 5 aliphatic rings. The van der Waals surface area contributed by atoms with Crippen LogP contribution in [0.3, 0.4) is 0 Å². The van der Waals surface area contributed by atoms with E-state index in [9.17, 15) is 28.4 Å². The largest absolute Gasteiger partial charge is 0.483 e. The van der Waals surface area contributed by atoms with Crippen molar-refractivity contribution in [3.63, 3.8) is 0 Å². The molecule has 4 N–H and O–H groups in total. The summed E-state index contributed by atoms with van der Waals surface area (Å²) < 4.78 is 48.7. The maximum absolute atomic E-state index is 14.1. The molecule has 2 saturated carbocycles. The van der Waals surface area contributed by atoms with Crippen LogP contribution in [0.2, 0.25) is 0 Å². The zero-order valence-corrected chi connectivity index (χ0v) is 44.6. The minimum absolute atomic E-state index is 0.0415. The molecule has 3 aromatic heterocycles. The third kappa shape index (κ3) is 10.5. The molecule has 76 heavy (non-hydrogen) atoms. The summed E-state index contributed by atoms with van der Waals surface area (Å²) in [4.78, 5) is 44.9. The second kappa shape index (κ2) is 20.0. The molecule has 4 fully saturated rings. The summed E-state index contributed by atoms with van der Waals surface area (Å²) in [7, 11) is -4.60. The minimum Gasteiger partial charge on any atom is -0.483 e.